The fraction of sp³-hybridized carbons (Fsp3) is 0.500. The van der Waals surface area contributed by atoms with Gasteiger partial charge in [-0.1, -0.05) is 49.7 Å². The van der Waals surface area contributed by atoms with Crippen LogP contribution in [0.5, 0.6) is 0 Å². The molecule has 0 aliphatic rings. The van der Waals surface area contributed by atoms with E-state index in [9.17, 15) is 5.11 Å². The van der Waals surface area contributed by atoms with Gasteiger partial charge in [0.25, 0.3) is 0 Å². The van der Waals surface area contributed by atoms with Gasteiger partial charge in [-0.3, -0.25) is 0 Å². The van der Waals surface area contributed by atoms with E-state index < -0.39 is 5.72 Å². The number of hydrogen-bond donors (Lipinski definition) is 1. The number of aryl methyl sites for hydroxylation is 1. The molecule has 1 N–H and O–H groups in total. The van der Waals surface area contributed by atoms with Crippen molar-refractivity contribution >= 4 is 11.6 Å². The molecule has 0 bridgehead atoms. The topological polar surface area (TPSA) is 50.9 Å². The number of hydrogen-bond acceptors (Lipinski definition) is 3. The predicted molar refractivity (Wildman–Crippen MR) is 84.1 cm³/mol. The van der Waals surface area contributed by atoms with Gasteiger partial charge >= 0.3 is 0 Å². The Bertz CT molecular complexity index is 560. The number of halogens is 1. The predicted octanol–water partition coefficient (Wildman–Crippen LogP) is 3.65. The second-order valence-corrected chi connectivity index (χ2v) is 6.83. The molecule has 1 unspecified atom stereocenters. The summed E-state index contributed by atoms with van der Waals surface area (Å²) < 4.78 is 1.56. The molecule has 1 heterocycles. The molecule has 0 fully saturated rings. The third-order valence-corrected chi connectivity index (χ3v) is 4.16. The van der Waals surface area contributed by atoms with E-state index in [0.29, 0.717) is 6.42 Å². The molecule has 0 saturated carbocycles. The van der Waals surface area contributed by atoms with Crippen molar-refractivity contribution in [2.24, 2.45) is 5.41 Å². The lowest BCUT2D eigenvalue weighted by molar-refractivity contribution is -0.145. The Morgan fingerprint density at radius 3 is 2.38 bits per heavy atom. The van der Waals surface area contributed by atoms with Crippen molar-refractivity contribution in [1.82, 2.24) is 15.0 Å². The van der Waals surface area contributed by atoms with Crippen LogP contribution in [0, 0.1) is 5.41 Å². The van der Waals surface area contributed by atoms with E-state index in [0.717, 1.165) is 17.9 Å². The van der Waals surface area contributed by atoms with Gasteiger partial charge in [-0.2, -0.15) is 0 Å². The third-order valence-electron chi connectivity index (χ3n) is 3.91. The van der Waals surface area contributed by atoms with E-state index in [1.165, 1.54) is 5.56 Å². The molecule has 1 aromatic carbocycles. The Morgan fingerprint density at radius 2 is 1.86 bits per heavy atom. The molecular formula is C16H22ClN3O. The minimum absolute atomic E-state index is 0.333. The van der Waals surface area contributed by atoms with Gasteiger partial charge in [0, 0.05) is 16.6 Å². The van der Waals surface area contributed by atoms with Crippen molar-refractivity contribution in [1.29, 1.82) is 0 Å². The molecule has 114 valence electrons. The van der Waals surface area contributed by atoms with E-state index in [2.05, 4.69) is 10.3 Å². The molecular weight excluding hydrogens is 286 g/mol. The molecule has 0 amide bonds. The van der Waals surface area contributed by atoms with Gasteiger partial charge in [0.2, 0.25) is 0 Å². The summed E-state index contributed by atoms with van der Waals surface area (Å²) in [6.45, 7) is 6.03. The highest BCUT2D eigenvalue weighted by molar-refractivity contribution is 6.30. The first-order chi connectivity index (χ1) is 9.83. The van der Waals surface area contributed by atoms with Gasteiger partial charge in [-0.25, -0.2) is 4.68 Å². The van der Waals surface area contributed by atoms with Gasteiger partial charge in [-0.05, 0) is 37.0 Å². The Hall–Kier alpha value is -1.39. The van der Waals surface area contributed by atoms with E-state index in [-0.39, 0.29) is 5.41 Å². The van der Waals surface area contributed by atoms with Gasteiger partial charge < -0.3 is 5.11 Å². The molecule has 4 nitrogen and oxygen atoms in total. The van der Waals surface area contributed by atoms with Gasteiger partial charge in [-0.15, -0.1) is 5.10 Å². The minimum atomic E-state index is -1.05. The number of nitrogens with zero attached hydrogens (tertiary/aromatic N) is 3. The van der Waals surface area contributed by atoms with Crippen LogP contribution in [0.1, 0.15) is 39.2 Å². The van der Waals surface area contributed by atoms with E-state index in [1.54, 1.807) is 17.1 Å². The lowest BCUT2D eigenvalue weighted by Crippen LogP contribution is -2.46. The van der Waals surface area contributed by atoms with Gasteiger partial charge in [0.1, 0.15) is 0 Å². The van der Waals surface area contributed by atoms with Crippen LogP contribution in [0.2, 0.25) is 5.02 Å². The van der Waals surface area contributed by atoms with Crippen LogP contribution in [0.4, 0.5) is 0 Å². The lowest BCUT2D eigenvalue weighted by atomic mass is 9.79. The Kier molecular flexibility index (Phi) is 4.69. The molecule has 0 aliphatic carbocycles. The second kappa shape index (κ2) is 6.16. The summed E-state index contributed by atoms with van der Waals surface area (Å²) in [7, 11) is 0. The number of rotatable bonds is 5. The molecule has 0 radical (unpaired) electrons. The molecule has 0 saturated heterocycles. The molecule has 0 aliphatic heterocycles. The monoisotopic (exact) mass is 307 g/mol. The first-order valence-corrected chi connectivity index (χ1v) is 7.54. The van der Waals surface area contributed by atoms with Crippen molar-refractivity contribution in [3.8, 4) is 0 Å². The zero-order chi connectivity index (χ0) is 15.5. The summed E-state index contributed by atoms with van der Waals surface area (Å²) in [6.07, 6.45) is 5.67. The lowest BCUT2D eigenvalue weighted by Gasteiger charge is -2.40. The fourth-order valence-electron chi connectivity index (χ4n) is 2.43. The highest BCUT2D eigenvalue weighted by atomic mass is 35.5. The van der Waals surface area contributed by atoms with Crippen LogP contribution >= 0.6 is 11.6 Å². The maximum absolute atomic E-state index is 11.1. The van der Waals surface area contributed by atoms with Crippen molar-refractivity contribution < 1.29 is 5.11 Å². The summed E-state index contributed by atoms with van der Waals surface area (Å²) in [5, 5.41) is 19.6. The second-order valence-electron chi connectivity index (χ2n) is 6.39. The quantitative estimate of drug-likeness (QED) is 0.917. The van der Waals surface area contributed by atoms with Crippen LogP contribution in [0.3, 0.4) is 0 Å². The third kappa shape index (κ3) is 3.63. The SMILES string of the molecule is CC(C)(C)C(O)(CCCc1ccc(Cl)cc1)n1ccnn1. The summed E-state index contributed by atoms with van der Waals surface area (Å²) in [5.74, 6) is 0. The van der Waals surface area contributed by atoms with Crippen LogP contribution in [-0.2, 0) is 12.1 Å². The van der Waals surface area contributed by atoms with E-state index in [4.69, 9.17) is 11.6 Å². The first-order valence-electron chi connectivity index (χ1n) is 7.16. The average Bonchev–Trinajstić information content (AvgIpc) is 2.94. The van der Waals surface area contributed by atoms with Crippen molar-refractivity contribution in [2.45, 2.75) is 45.8 Å². The van der Waals surface area contributed by atoms with Crippen LogP contribution in [-0.4, -0.2) is 20.1 Å². The summed E-state index contributed by atoms with van der Waals surface area (Å²) >= 11 is 5.89. The molecule has 1 aromatic heterocycles. The summed E-state index contributed by atoms with van der Waals surface area (Å²) in [4.78, 5) is 0. The first kappa shape index (κ1) is 16.0. The summed E-state index contributed by atoms with van der Waals surface area (Å²) in [5.41, 5.74) is -0.161. The normalized spacial score (nSPS) is 14.9. The molecule has 1 atom stereocenters. The maximum atomic E-state index is 11.1. The Labute approximate surface area is 130 Å². The standard InChI is InChI=1S/C16H22ClN3O/c1-15(2,3)16(21,20-12-11-18-19-20)10-4-5-13-6-8-14(17)9-7-13/h6-9,11-12,21H,4-5,10H2,1-3H3. The number of aliphatic hydroxyl groups is 1. The highest BCUT2D eigenvalue weighted by Gasteiger charge is 2.42. The zero-order valence-electron chi connectivity index (χ0n) is 12.8. The van der Waals surface area contributed by atoms with Gasteiger partial charge in [0.15, 0.2) is 5.72 Å². The van der Waals surface area contributed by atoms with Gasteiger partial charge in [0.05, 0.1) is 6.20 Å². The fourth-order valence-corrected chi connectivity index (χ4v) is 2.55. The van der Waals surface area contributed by atoms with Crippen LogP contribution in [0.25, 0.3) is 0 Å². The molecule has 5 heteroatoms. The Morgan fingerprint density at radius 1 is 1.19 bits per heavy atom. The van der Waals surface area contributed by atoms with E-state index >= 15 is 0 Å². The maximum Gasteiger partial charge on any atom is 0.164 e. The molecule has 2 aromatic rings. The van der Waals surface area contributed by atoms with Crippen LogP contribution in [0.15, 0.2) is 36.7 Å². The van der Waals surface area contributed by atoms with Crippen LogP contribution < -0.4 is 0 Å². The van der Waals surface area contributed by atoms with E-state index in [1.807, 2.05) is 45.0 Å². The highest BCUT2D eigenvalue weighted by Crippen LogP contribution is 2.38. The minimum Gasteiger partial charge on any atom is -0.369 e. The van der Waals surface area contributed by atoms with Crippen molar-refractivity contribution in [3.63, 3.8) is 0 Å². The Balaban J connectivity index is 2.05. The number of benzene rings is 1. The molecule has 21 heavy (non-hydrogen) atoms. The zero-order valence-corrected chi connectivity index (χ0v) is 13.5. The summed E-state index contributed by atoms with van der Waals surface area (Å²) in [6, 6.07) is 7.83. The molecule has 2 rings (SSSR count). The average molecular weight is 308 g/mol. The number of aromatic nitrogens is 3. The largest absolute Gasteiger partial charge is 0.369 e. The van der Waals surface area contributed by atoms with Crippen molar-refractivity contribution in [2.75, 3.05) is 0 Å². The smallest absolute Gasteiger partial charge is 0.164 e. The van der Waals surface area contributed by atoms with Crippen molar-refractivity contribution in [3.05, 3.63) is 47.2 Å². The molecule has 0 spiro atoms.